The Balaban J connectivity index is 2.55. The third-order valence-electron chi connectivity index (χ3n) is 4.26. The normalized spacial score (nSPS) is 10.7. The van der Waals surface area contributed by atoms with E-state index in [2.05, 4.69) is 15.9 Å². The smallest absolute Gasteiger partial charge is 0.352 e. The zero-order valence-electron chi connectivity index (χ0n) is 15.8. The minimum atomic E-state index is -1.24. The number of benzene rings is 1. The molecule has 2 aromatic carbocycles. The highest BCUT2D eigenvalue weighted by Gasteiger charge is 2.22. The van der Waals surface area contributed by atoms with Gasteiger partial charge in [0.1, 0.15) is 11.4 Å². The van der Waals surface area contributed by atoms with Crippen LogP contribution in [0.1, 0.15) is 24.3 Å². The van der Waals surface area contributed by atoms with Crippen molar-refractivity contribution in [3.63, 3.8) is 0 Å². The molecule has 0 saturated carbocycles. The molecule has 3 rings (SSSR count). The summed E-state index contributed by atoms with van der Waals surface area (Å²) in [4.78, 5) is 37.6. The van der Waals surface area contributed by atoms with Gasteiger partial charge >= 0.3 is 5.97 Å². The van der Waals surface area contributed by atoms with E-state index in [-0.39, 0.29) is 45.7 Å². The zero-order chi connectivity index (χ0) is 21.1. The van der Waals surface area contributed by atoms with Crippen LogP contribution in [0.15, 0.2) is 56.5 Å². The van der Waals surface area contributed by atoms with Crippen LogP contribution in [0.2, 0.25) is 0 Å². The first-order chi connectivity index (χ1) is 13.9. The van der Waals surface area contributed by atoms with Gasteiger partial charge in [0.25, 0.3) is 0 Å². The number of carboxylic acids is 1. The Kier molecular flexibility index (Phi) is 6.03. The number of hydrogen-bond donors (Lipinski definition) is 1. The first kappa shape index (κ1) is 20.6. The number of ether oxygens (including phenoxy) is 2. The fourth-order valence-corrected chi connectivity index (χ4v) is 3.45. The summed E-state index contributed by atoms with van der Waals surface area (Å²) in [6.45, 7) is 3.89. The van der Waals surface area contributed by atoms with Gasteiger partial charge in [-0.2, -0.15) is 0 Å². The number of halogens is 1. The van der Waals surface area contributed by atoms with Crippen LogP contribution >= 0.6 is 15.9 Å². The molecule has 0 aliphatic carbocycles. The molecule has 1 heterocycles. The number of aromatic carboxylic acids is 1. The molecule has 0 radical (unpaired) electrons. The van der Waals surface area contributed by atoms with Gasteiger partial charge < -0.3 is 19.1 Å². The maximum atomic E-state index is 13.0. The zero-order valence-corrected chi connectivity index (χ0v) is 17.4. The lowest BCUT2D eigenvalue weighted by Gasteiger charge is -2.14. The van der Waals surface area contributed by atoms with Gasteiger partial charge in [-0.1, -0.05) is 18.2 Å². The van der Waals surface area contributed by atoms with E-state index in [0.717, 1.165) is 6.07 Å². The number of hydrogen-bond acceptors (Lipinski definition) is 5. The maximum absolute atomic E-state index is 13.0. The van der Waals surface area contributed by atoms with Gasteiger partial charge in [0, 0.05) is 12.6 Å². The molecule has 0 saturated heterocycles. The summed E-state index contributed by atoms with van der Waals surface area (Å²) in [5.74, 6) is -1.01. The standard InChI is InChI=1S/C21H18BrNO6/c1-3-23-14-10-13(22)18(25)20(28-4-2)19(29-12-8-6-5-7-9-12)17(14)16(24)11-15(23)21(26)27/h5-11H,3-4H2,1-2H3,(H,26,27). The highest BCUT2D eigenvalue weighted by atomic mass is 79.9. The van der Waals surface area contributed by atoms with Gasteiger partial charge in [-0.05, 0) is 48.0 Å². The van der Waals surface area contributed by atoms with E-state index in [1.807, 2.05) is 0 Å². The molecule has 8 heteroatoms. The van der Waals surface area contributed by atoms with E-state index in [1.54, 1.807) is 44.2 Å². The van der Waals surface area contributed by atoms with Crippen molar-refractivity contribution in [3.05, 3.63) is 73.1 Å². The van der Waals surface area contributed by atoms with Crippen molar-refractivity contribution in [1.82, 2.24) is 4.57 Å². The molecule has 29 heavy (non-hydrogen) atoms. The van der Waals surface area contributed by atoms with Crippen molar-refractivity contribution in [2.24, 2.45) is 0 Å². The van der Waals surface area contributed by atoms with Crippen molar-refractivity contribution in [3.8, 4) is 17.2 Å². The second-order valence-electron chi connectivity index (χ2n) is 6.03. The number of aromatic nitrogens is 1. The first-order valence-electron chi connectivity index (χ1n) is 8.92. The Morgan fingerprint density at radius 1 is 1.10 bits per heavy atom. The number of fused-ring (bicyclic) bond motifs is 1. The van der Waals surface area contributed by atoms with Crippen molar-refractivity contribution in [2.75, 3.05) is 6.61 Å². The predicted octanol–water partition coefficient (Wildman–Crippen LogP) is 4.03. The number of nitrogens with zero attached hydrogens (tertiary/aromatic N) is 1. The van der Waals surface area contributed by atoms with E-state index < -0.39 is 16.8 Å². The summed E-state index contributed by atoms with van der Waals surface area (Å²) in [7, 11) is 0. The summed E-state index contributed by atoms with van der Waals surface area (Å²) >= 11 is 3.23. The average Bonchev–Trinajstić information content (AvgIpc) is 2.79. The predicted molar refractivity (Wildman–Crippen MR) is 112 cm³/mol. The van der Waals surface area contributed by atoms with E-state index in [0.29, 0.717) is 5.75 Å². The lowest BCUT2D eigenvalue weighted by molar-refractivity contribution is 0.0685. The van der Waals surface area contributed by atoms with Crippen molar-refractivity contribution >= 4 is 32.8 Å². The number of rotatable bonds is 6. The van der Waals surface area contributed by atoms with E-state index in [9.17, 15) is 19.5 Å². The van der Waals surface area contributed by atoms with E-state index in [4.69, 9.17) is 9.47 Å². The molecule has 1 aromatic heterocycles. The third kappa shape index (κ3) is 3.88. The molecule has 3 aromatic rings. The second-order valence-corrected chi connectivity index (χ2v) is 6.89. The molecule has 0 spiro atoms. The van der Waals surface area contributed by atoms with E-state index >= 15 is 0 Å². The van der Waals surface area contributed by atoms with Gasteiger partial charge in [-0.25, -0.2) is 4.79 Å². The molecule has 0 aliphatic rings. The molecule has 0 aliphatic heterocycles. The number of para-hydroxylation sites is 1. The minimum Gasteiger partial charge on any atom is -0.487 e. The van der Waals surface area contributed by atoms with Crippen LogP contribution in [-0.4, -0.2) is 22.2 Å². The van der Waals surface area contributed by atoms with Gasteiger partial charge in [0.05, 0.1) is 22.0 Å². The average molecular weight is 460 g/mol. The summed E-state index contributed by atoms with van der Waals surface area (Å²) in [5, 5.41) is 9.58. The number of pyridine rings is 1. The summed E-state index contributed by atoms with van der Waals surface area (Å²) in [6.07, 6.45) is 0. The molecule has 7 nitrogen and oxygen atoms in total. The van der Waals surface area contributed by atoms with Crippen LogP contribution in [0.4, 0.5) is 0 Å². The Morgan fingerprint density at radius 2 is 1.79 bits per heavy atom. The first-order valence-corrected chi connectivity index (χ1v) is 9.71. The van der Waals surface area contributed by atoms with Crippen LogP contribution in [0.3, 0.4) is 0 Å². The maximum Gasteiger partial charge on any atom is 0.352 e. The summed E-state index contributed by atoms with van der Waals surface area (Å²) in [5.41, 5.74) is -1.03. The van der Waals surface area contributed by atoms with Gasteiger partial charge in [-0.15, -0.1) is 0 Å². The summed E-state index contributed by atoms with van der Waals surface area (Å²) in [6, 6.07) is 11.1. The third-order valence-corrected chi connectivity index (χ3v) is 4.85. The fraction of sp³-hybridized carbons (Fsp3) is 0.190. The van der Waals surface area contributed by atoms with Crippen LogP contribution in [-0.2, 0) is 6.54 Å². The lowest BCUT2D eigenvalue weighted by atomic mass is 10.2. The summed E-state index contributed by atoms with van der Waals surface area (Å²) < 4.78 is 13.1. The molecule has 0 fully saturated rings. The molecule has 1 N–H and O–H groups in total. The Labute approximate surface area is 174 Å². The quantitative estimate of drug-likeness (QED) is 0.597. The molecular formula is C21H18BrNO6. The van der Waals surface area contributed by atoms with Crippen LogP contribution in [0, 0.1) is 0 Å². The van der Waals surface area contributed by atoms with Gasteiger partial charge in [0.15, 0.2) is 11.2 Å². The van der Waals surface area contributed by atoms with Crippen molar-refractivity contribution in [2.45, 2.75) is 20.4 Å². The number of carboxylic acid groups (broad SMARTS) is 1. The van der Waals surface area contributed by atoms with Crippen molar-refractivity contribution in [1.29, 1.82) is 0 Å². The highest BCUT2D eigenvalue weighted by molar-refractivity contribution is 9.10. The molecule has 0 amide bonds. The Bertz CT molecular complexity index is 1200. The lowest BCUT2D eigenvalue weighted by Crippen LogP contribution is -2.17. The molecular weight excluding hydrogens is 442 g/mol. The van der Waals surface area contributed by atoms with Crippen LogP contribution < -0.4 is 20.3 Å². The van der Waals surface area contributed by atoms with Crippen LogP contribution in [0.25, 0.3) is 10.9 Å². The number of carbonyl (C=O) groups is 1. The van der Waals surface area contributed by atoms with Crippen LogP contribution in [0.5, 0.6) is 17.2 Å². The van der Waals surface area contributed by atoms with E-state index in [1.165, 1.54) is 10.6 Å². The van der Waals surface area contributed by atoms with Gasteiger partial charge in [0.2, 0.25) is 11.2 Å². The molecule has 0 atom stereocenters. The minimum absolute atomic E-state index is 0.0483. The number of aryl methyl sites for hydroxylation is 1. The monoisotopic (exact) mass is 459 g/mol. The molecule has 150 valence electrons. The second kappa shape index (κ2) is 8.48. The largest absolute Gasteiger partial charge is 0.487 e. The van der Waals surface area contributed by atoms with Gasteiger partial charge in [-0.3, -0.25) is 9.59 Å². The SMILES string of the molecule is CCOc1c(Oc2ccccc2)c2c(=O)cc(C(=O)O)n(CC)c2cc(Br)c1=O. The highest BCUT2D eigenvalue weighted by Crippen LogP contribution is 2.35. The Morgan fingerprint density at radius 3 is 2.38 bits per heavy atom. The van der Waals surface area contributed by atoms with Crippen molar-refractivity contribution < 1.29 is 19.4 Å². The molecule has 0 unspecified atom stereocenters. The Hall–Kier alpha value is -3.13. The topological polar surface area (TPSA) is 94.8 Å². The molecule has 0 bridgehead atoms. The fourth-order valence-electron chi connectivity index (χ4n) is 3.05.